The maximum absolute atomic E-state index is 10.5. The van der Waals surface area contributed by atoms with Gasteiger partial charge in [-0.25, -0.2) is 0 Å². The zero-order valence-corrected chi connectivity index (χ0v) is 8.63. The minimum atomic E-state index is -0.0604. The molecule has 0 fully saturated rings. The lowest BCUT2D eigenvalue weighted by Gasteiger charge is -2.01. The van der Waals surface area contributed by atoms with Gasteiger partial charge in [-0.2, -0.15) is 0 Å². The maximum Gasteiger partial charge on any atom is 0.202 e. The fourth-order valence-corrected chi connectivity index (χ4v) is 1.27. The molecule has 1 rings (SSSR count). The van der Waals surface area contributed by atoms with E-state index >= 15 is 0 Å². The zero-order chi connectivity index (χ0) is 10.4. The first kappa shape index (κ1) is 10.5. The molecule has 0 aliphatic heterocycles. The highest BCUT2D eigenvalue weighted by atomic mass is 16.1. The van der Waals surface area contributed by atoms with Crippen molar-refractivity contribution in [3.63, 3.8) is 0 Å². The molecule has 0 saturated carbocycles. The van der Waals surface area contributed by atoms with Crippen LogP contribution in [-0.4, -0.2) is 5.78 Å². The second-order valence-corrected chi connectivity index (χ2v) is 3.28. The number of hydrogen-bond donors (Lipinski definition) is 0. The van der Waals surface area contributed by atoms with Gasteiger partial charge in [0.25, 0.3) is 0 Å². The average Bonchev–Trinajstić information content (AvgIpc) is 2.15. The van der Waals surface area contributed by atoms with Crippen molar-refractivity contribution in [2.45, 2.75) is 26.7 Å². The molecule has 0 heterocycles. The molecule has 0 aliphatic rings. The van der Waals surface area contributed by atoms with E-state index in [1.54, 1.807) is 0 Å². The minimum Gasteiger partial charge on any atom is -0.285 e. The Balaban J connectivity index is 2.52. The van der Waals surface area contributed by atoms with Gasteiger partial charge in [-0.15, -0.1) is 0 Å². The number of aryl methyl sites for hydroxylation is 2. The first-order valence-electron chi connectivity index (χ1n) is 4.74. The van der Waals surface area contributed by atoms with Crippen LogP contribution >= 0.6 is 0 Å². The van der Waals surface area contributed by atoms with Crippen LogP contribution in [0, 0.1) is 18.8 Å². The van der Waals surface area contributed by atoms with Gasteiger partial charge in [-0.3, -0.25) is 4.79 Å². The number of Topliss-reactive ketones (excluding diaryl/α,β-unsaturated/α-hetero) is 1. The monoisotopic (exact) mass is 186 g/mol. The minimum absolute atomic E-state index is 0.0604. The van der Waals surface area contributed by atoms with Gasteiger partial charge in [0.1, 0.15) is 0 Å². The van der Waals surface area contributed by atoms with Gasteiger partial charge in [0.2, 0.25) is 5.78 Å². The van der Waals surface area contributed by atoms with E-state index in [1.807, 2.05) is 12.1 Å². The van der Waals surface area contributed by atoms with Crippen molar-refractivity contribution >= 4 is 5.78 Å². The Labute approximate surface area is 85.1 Å². The van der Waals surface area contributed by atoms with Crippen LogP contribution in [0.5, 0.6) is 0 Å². The van der Waals surface area contributed by atoms with Crippen molar-refractivity contribution in [1.29, 1.82) is 0 Å². The quantitative estimate of drug-likeness (QED) is 0.512. The molecule has 0 aliphatic carbocycles. The van der Waals surface area contributed by atoms with E-state index < -0.39 is 0 Å². The van der Waals surface area contributed by atoms with Gasteiger partial charge in [0.15, 0.2) is 0 Å². The second kappa shape index (κ2) is 5.24. The summed E-state index contributed by atoms with van der Waals surface area (Å²) in [5, 5.41) is 0. The van der Waals surface area contributed by atoms with Gasteiger partial charge in [-0.05, 0) is 30.4 Å². The summed E-state index contributed by atoms with van der Waals surface area (Å²) in [6.45, 7) is 3.58. The van der Waals surface area contributed by atoms with Gasteiger partial charge in [-0.1, -0.05) is 30.2 Å². The Morgan fingerprint density at radius 2 is 2.07 bits per heavy atom. The fraction of sp³-hybridized carbons (Fsp3) is 0.308. The van der Waals surface area contributed by atoms with Crippen LogP contribution in [0.15, 0.2) is 24.3 Å². The first-order chi connectivity index (χ1) is 6.70. The van der Waals surface area contributed by atoms with E-state index in [0.717, 1.165) is 12.8 Å². The summed E-state index contributed by atoms with van der Waals surface area (Å²) in [7, 11) is 0. The summed E-state index contributed by atoms with van der Waals surface area (Å²) >= 11 is 0. The van der Waals surface area contributed by atoms with Crippen molar-refractivity contribution in [1.82, 2.24) is 0 Å². The normalized spacial score (nSPS) is 9.00. The van der Waals surface area contributed by atoms with Crippen LogP contribution in [0.4, 0.5) is 0 Å². The Morgan fingerprint density at radius 3 is 2.71 bits per heavy atom. The molecular formula is C13H14O. The van der Waals surface area contributed by atoms with Gasteiger partial charge < -0.3 is 0 Å². The number of ketones is 1. The van der Waals surface area contributed by atoms with Crippen molar-refractivity contribution < 1.29 is 4.79 Å². The van der Waals surface area contributed by atoms with Crippen molar-refractivity contribution in [2.75, 3.05) is 0 Å². The molecule has 0 saturated heterocycles. The van der Waals surface area contributed by atoms with Gasteiger partial charge in [0, 0.05) is 13.3 Å². The summed E-state index contributed by atoms with van der Waals surface area (Å²) in [6.07, 6.45) is 1.68. The Bertz CT molecular complexity index is 380. The second-order valence-electron chi connectivity index (χ2n) is 3.28. The van der Waals surface area contributed by atoms with E-state index in [2.05, 4.69) is 30.9 Å². The number of carbonyl (C=O) groups is 1. The molecule has 0 unspecified atom stereocenters. The van der Waals surface area contributed by atoms with Gasteiger partial charge >= 0.3 is 0 Å². The number of benzene rings is 1. The highest BCUT2D eigenvalue weighted by Crippen LogP contribution is 2.08. The third-order valence-electron chi connectivity index (χ3n) is 2.05. The molecule has 0 radical (unpaired) electrons. The molecule has 0 atom stereocenters. The predicted octanol–water partition coefficient (Wildman–Crippen LogP) is 2.52. The largest absolute Gasteiger partial charge is 0.285 e. The van der Waals surface area contributed by atoms with Crippen molar-refractivity contribution in [3.05, 3.63) is 35.4 Å². The van der Waals surface area contributed by atoms with E-state index in [-0.39, 0.29) is 5.78 Å². The molecule has 0 spiro atoms. The van der Waals surface area contributed by atoms with Crippen molar-refractivity contribution in [3.8, 4) is 11.8 Å². The third kappa shape index (κ3) is 3.45. The van der Waals surface area contributed by atoms with Crippen LogP contribution in [-0.2, 0) is 11.2 Å². The van der Waals surface area contributed by atoms with Crippen molar-refractivity contribution in [2.24, 2.45) is 0 Å². The molecule has 0 amide bonds. The molecule has 0 N–H and O–H groups in total. The van der Waals surface area contributed by atoms with Crippen LogP contribution in [0.25, 0.3) is 0 Å². The standard InChI is InChI=1S/C13H14O/c1-11-7-3-5-9-13(11)10-6-4-8-12(2)14/h3,5,7,9H,6,10H2,1-2H3. The maximum atomic E-state index is 10.5. The molecule has 0 bridgehead atoms. The Morgan fingerprint density at radius 1 is 1.36 bits per heavy atom. The van der Waals surface area contributed by atoms with E-state index in [4.69, 9.17) is 0 Å². The lowest BCUT2D eigenvalue weighted by atomic mass is 10.0. The Hall–Kier alpha value is -1.55. The van der Waals surface area contributed by atoms with Crippen LogP contribution < -0.4 is 0 Å². The number of rotatable bonds is 2. The summed E-state index contributed by atoms with van der Waals surface area (Å²) in [6, 6.07) is 8.25. The summed E-state index contributed by atoms with van der Waals surface area (Å²) in [4.78, 5) is 10.5. The lowest BCUT2D eigenvalue weighted by molar-refractivity contribution is -0.111. The highest BCUT2D eigenvalue weighted by Gasteiger charge is 1.94. The number of carbonyl (C=O) groups excluding carboxylic acids is 1. The molecule has 0 aromatic heterocycles. The highest BCUT2D eigenvalue weighted by molar-refractivity contribution is 5.93. The molecule has 72 valence electrons. The first-order valence-corrected chi connectivity index (χ1v) is 4.74. The molecule has 1 nitrogen and oxygen atoms in total. The summed E-state index contributed by atoms with van der Waals surface area (Å²) in [5.74, 6) is 5.35. The predicted molar refractivity (Wildman–Crippen MR) is 58.0 cm³/mol. The number of hydrogen-bond acceptors (Lipinski definition) is 1. The molecule has 14 heavy (non-hydrogen) atoms. The van der Waals surface area contributed by atoms with Crippen LogP contribution in [0.2, 0.25) is 0 Å². The molecule has 1 heteroatoms. The Kier molecular flexibility index (Phi) is 3.94. The average molecular weight is 186 g/mol. The summed E-state index contributed by atoms with van der Waals surface area (Å²) in [5.41, 5.74) is 2.60. The summed E-state index contributed by atoms with van der Waals surface area (Å²) < 4.78 is 0. The van der Waals surface area contributed by atoms with Gasteiger partial charge in [0.05, 0.1) is 0 Å². The molecule has 1 aromatic carbocycles. The molecular weight excluding hydrogens is 172 g/mol. The van der Waals surface area contributed by atoms with E-state index in [1.165, 1.54) is 18.1 Å². The molecule has 1 aromatic rings. The smallest absolute Gasteiger partial charge is 0.202 e. The van der Waals surface area contributed by atoms with Crippen LogP contribution in [0.1, 0.15) is 24.5 Å². The fourth-order valence-electron chi connectivity index (χ4n) is 1.27. The lowest BCUT2D eigenvalue weighted by Crippen LogP contribution is -1.88. The van der Waals surface area contributed by atoms with E-state index in [9.17, 15) is 4.79 Å². The van der Waals surface area contributed by atoms with E-state index in [0.29, 0.717) is 0 Å². The topological polar surface area (TPSA) is 17.1 Å². The van der Waals surface area contributed by atoms with Crippen LogP contribution in [0.3, 0.4) is 0 Å². The SMILES string of the molecule is CC(=O)C#CCCc1ccccc1C. The third-order valence-corrected chi connectivity index (χ3v) is 2.05. The zero-order valence-electron chi connectivity index (χ0n) is 8.63.